The Hall–Kier alpha value is -1.31. The average molecular weight is 230 g/mol. The third-order valence-corrected chi connectivity index (χ3v) is 4.20. The molecule has 3 unspecified atom stereocenters. The van der Waals surface area contributed by atoms with Crippen LogP contribution in [-0.2, 0) is 0 Å². The Morgan fingerprint density at radius 2 is 2.18 bits per heavy atom. The summed E-state index contributed by atoms with van der Waals surface area (Å²) >= 11 is 0. The van der Waals surface area contributed by atoms with Gasteiger partial charge in [0, 0.05) is 5.56 Å². The molecule has 0 amide bonds. The van der Waals surface area contributed by atoms with Crippen LogP contribution in [0.25, 0.3) is 0 Å². The van der Waals surface area contributed by atoms with E-state index >= 15 is 0 Å². The van der Waals surface area contributed by atoms with E-state index in [1.807, 2.05) is 24.3 Å². The van der Waals surface area contributed by atoms with E-state index in [1.165, 1.54) is 25.7 Å². The first-order chi connectivity index (χ1) is 8.22. The molecule has 1 aromatic carbocycles. The van der Waals surface area contributed by atoms with E-state index in [4.69, 9.17) is 4.74 Å². The van der Waals surface area contributed by atoms with E-state index in [9.17, 15) is 4.79 Å². The maximum absolute atomic E-state index is 11.3. The van der Waals surface area contributed by atoms with Crippen molar-refractivity contribution in [2.45, 2.75) is 38.7 Å². The molecule has 0 aliphatic heterocycles. The predicted molar refractivity (Wildman–Crippen MR) is 66.3 cm³/mol. The first-order valence-corrected chi connectivity index (χ1v) is 6.50. The van der Waals surface area contributed by atoms with Crippen molar-refractivity contribution in [1.82, 2.24) is 0 Å². The number of carbonyl (C=O) groups excluding carboxylic acids is 1. The molecule has 1 aromatic rings. The van der Waals surface area contributed by atoms with Crippen LogP contribution < -0.4 is 4.74 Å². The molecule has 90 valence electrons. The molecule has 0 spiro atoms. The van der Waals surface area contributed by atoms with Gasteiger partial charge >= 0.3 is 0 Å². The van der Waals surface area contributed by atoms with Gasteiger partial charge in [-0.05, 0) is 56.6 Å². The van der Waals surface area contributed by atoms with Crippen molar-refractivity contribution in [3.05, 3.63) is 29.8 Å². The second-order valence-corrected chi connectivity index (χ2v) is 5.42. The second kappa shape index (κ2) is 4.17. The van der Waals surface area contributed by atoms with Gasteiger partial charge in [-0.3, -0.25) is 4.79 Å². The molecule has 2 fully saturated rings. The summed E-state index contributed by atoms with van der Waals surface area (Å²) < 4.78 is 6.05. The van der Waals surface area contributed by atoms with Gasteiger partial charge in [-0.2, -0.15) is 0 Å². The minimum absolute atomic E-state index is 0.100. The number of fused-ring (bicyclic) bond motifs is 2. The van der Waals surface area contributed by atoms with Crippen molar-refractivity contribution >= 4 is 5.78 Å². The smallest absolute Gasteiger partial charge is 0.159 e. The highest BCUT2D eigenvalue weighted by molar-refractivity contribution is 5.94. The lowest BCUT2D eigenvalue weighted by Crippen LogP contribution is -2.23. The monoisotopic (exact) mass is 230 g/mol. The summed E-state index contributed by atoms with van der Waals surface area (Å²) in [6.07, 6.45) is 5.64. The Bertz CT molecular complexity index is 438. The Morgan fingerprint density at radius 3 is 2.82 bits per heavy atom. The number of hydrogen-bond donors (Lipinski definition) is 0. The molecule has 0 aromatic heterocycles. The van der Waals surface area contributed by atoms with E-state index in [0.717, 1.165) is 23.1 Å². The Labute approximate surface area is 102 Å². The standard InChI is InChI=1S/C15H18O2/c1-10(16)12-3-2-4-14(9-12)17-15-8-11-5-6-13(15)7-11/h2-4,9,11,13,15H,5-8H2,1H3. The molecule has 2 bridgehead atoms. The first kappa shape index (κ1) is 10.8. The third kappa shape index (κ3) is 2.08. The first-order valence-electron chi connectivity index (χ1n) is 6.50. The molecule has 0 heterocycles. The lowest BCUT2D eigenvalue weighted by molar-refractivity contribution is 0.101. The normalized spacial score (nSPS) is 30.5. The molecule has 17 heavy (non-hydrogen) atoms. The van der Waals surface area contributed by atoms with Crippen molar-refractivity contribution in [3.8, 4) is 5.75 Å². The number of ketones is 1. The predicted octanol–water partition coefficient (Wildman–Crippen LogP) is 3.46. The van der Waals surface area contributed by atoms with Crippen LogP contribution in [0.4, 0.5) is 0 Å². The maximum atomic E-state index is 11.3. The number of benzene rings is 1. The van der Waals surface area contributed by atoms with E-state index < -0.39 is 0 Å². The van der Waals surface area contributed by atoms with Gasteiger partial charge < -0.3 is 4.74 Å². The lowest BCUT2D eigenvalue weighted by Gasteiger charge is -2.23. The molecular weight excluding hydrogens is 212 g/mol. The quantitative estimate of drug-likeness (QED) is 0.743. The Kier molecular flexibility index (Phi) is 2.65. The fourth-order valence-corrected chi connectivity index (χ4v) is 3.29. The summed E-state index contributed by atoms with van der Waals surface area (Å²) in [5.74, 6) is 2.60. The molecule has 3 atom stereocenters. The van der Waals surface area contributed by atoms with Crippen LogP contribution in [0.3, 0.4) is 0 Å². The molecule has 2 nitrogen and oxygen atoms in total. The SMILES string of the molecule is CC(=O)c1cccc(OC2CC3CCC2C3)c1. The van der Waals surface area contributed by atoms with E-state index in [0.29, 0.717) is 6.10 Å². The van der Waals surface area contributed by atoms with Crippen LogP contribution >= 0.6 is 0 Å². The highest BCUT2D eigenvalue weighted by Crippen LogP contribution is 2.45. The summed E-state index contributed by atoms with van der Waals surface area (Å²) in [6, 6.07) is 7.57. The van der Waals surface area contributed by atoms with Crippen LogP contribution in [0, 0.1) is 11.8 Å². The van der Waals surface area contributed by atoms with E-state index in [-0.39, 0.29) is 5.78 Å². The number of ether oxygens (including phenoxy) is 1. The molecule has 0 saturated heterocycles. The van der Waals surface area contributed by atoms with Gasteiger partial charge in [0.15, 0.2) is 5.78 Å². The third-order valence-electron chi connectivity index (χ3n) is 4.20. The van der Waals surface area contributed by atoms with Crippen molar-refractivity contribution in [1.29, 1.82) is 0 Å². The van der Waals surface area contributed by atoms with Crippen LogP contribution in [-0.4, -0.2) is 11.9 Å². The molecule has 2 heteroatoms. The zero-order valence-corrected chi connectivity index (χ0v) is 10.2. The molecular formula is C15H18O2. The van der Waals surface area contributed by atoms with Gasteiger partial charge in [0.25, 0.3) is 0 Å². The van der Waals surface area contributed by atoms with Gasteiger partial charge in [0.2, 0.25) is 0 Å². The molecule has 2 aliphatic rings. The Morgan fingerprint density at radius 1 is 1.29 bits per heavy atom. The van der Waals surface area contributed by atoms with E-state index in [2.05, 4.69) is 0 Å². The molecule has 0 radical (unpaired) electrons. The lowest BCUT2D eigenvalue weighted by atomic mass is 9.97. The van der Waals surface area contributed by atoms with Crippen molar-refractivity contribution < 1.29 is 9.53 Å². The Balaban J connectivity index is 1.73. The number of rotatable bonds is 3. The molecule has 2 saturated carbocycles. The zero-order chi connectivity index (χ0) is 11.8. The number of Topliss-reactive ketones (excluding diaryl/α,β-unsaturated/α-hetero) is 1. The van der Waals surface area contributed by atoms with Gasteiger partial charge in [-0.25, -0.2) is 0 Å². The van der Waals surface area contributed by atoms with Crippen molar-refractivity contribution in [3.63, 3.8) is 0 Å². The summed E-state index contributed by atoms with van der Waals surface area (Å²) in [5, 5.41) is 0. The fraction of sp³-hybridized carbons (Fsp3) is 0.533. The topological polar surface area (TPSA) is 26.3 Å². The fourth-order valence-electron chi connectivity index (χ4n) is 3.29. The maximum Gasteiger partial charge on any atom is 0.159 e. The average Bonchev–Trinajstić information content (AvgIpc) is 2.91. The molecule has 3 rings (SSSR count). The minimum Gasteiger partial charge on any atom is -0.490 e. The minimum atomic E-state index is 0.100. The summed E-state index contributed by atoms with van der Waals surface area (Å²) in [7, 11) is 0. The van der Waals surface area contributed by atoms with Crippen molar-refractivity contribution in [2.75, 3.05) is 0 Å². The van der Waals surface area contributed by atoms with Crippen LogP contribution in [0.1, 0.15) is 43.0 Å². The summed E-state index contributed by atoms with van der Waals surface area (Å²) in [6.45, 7) is 1.59. The molecule has 2 aliphatic carbocycles. The van der Waals surface area contributed by atoms with Crippen LogP contribution in [0.15, 0.2) is 24.3 Å². The van der Waals surface area contributed by atoms with Crippen molar-refractivity contribution in [2.24, 2.45) is 11.8 Å². The summed E-state index contributed by atoms with van der Waals surface area (Å²) in [4.78, 5) is 11.3. The number of carbonyl (C=O) groups is 1. The van der Waals surface area contributed by atoms with Crippen LogP contribution in [0.2, 0.25) is 0 Å². The van der Waals surface area contributed by atoms with Gasteiger partial charge in [0.1, 0.15) is 11.9 Å². The number of hydrogen-bond acceptors (Lipinski definition) is 2. The van der Waals surface area contributed by atoms with Gasteiger partial charge in [-0.15, -0.1) is 0 Å². The largest absolute Gasteiger partial charge is 0.490 e. The summed E-state index contributed by atoms with van der Waals surface area (Å²) in [5.41, 5.74) is 0.741. The van der Waals surface area contributed by atoms with Gasteiger partial charge in [-0.1, -0.05) is 12.1 Å². The zero-order valence-electron chi connectivity index (χ0n) is 10.2. The van der Waals surface area contributed by atoms with E-state index in [1.54, 1.807) is 6.92 Å². The highest BCUT2D eigenvalue weighted by Gasteiger charge is 2.40. The second-order valence-electron chi connectivity index (χ2n) is 5.42. The molecule has 0 N–H and O–H groups in total. The van der Waals surface area contributed by atoms with Crippen LogP contribution in [0.5, 0.6) is 5.75 Å². The van der Waals surface area contributed by atoms with Gasteiger partial charge in [0.05, 0.1) is 0 Å². The highest BCUT2D eigenvalue weighted by atomic mass is 16.5.